The van der Waals surface area contributed by atoms with Gasteiger partial charge in [0.25, 0.3) is 0 Å². The third-order valence-corrected chi connectivity index (χ3v) is 4.85. The molecule has 0 aliphatic rings. The minimum atomic E-state index is -3.43. The number of carbonyl (C=O) groups is 2. The van der Waals surface area contributed by atoms with Gasteiger partial charge in [0.15, 0.2) is 0 Å². The topological polar surface area (TPSA) is 108 Å². The summed E-state index contributed by atoms with van der Waals surface area (Å²) in [6.45, 7) is 1.55. The lowest BCUT2D eigenvalue weighted by Gasteiger charge is -2.13. The van der Waals surface area contributed by atoms with E-state index in [1.54, 1.807) is 6.92 Å². The van der Waals surface area contributed by atoms with Crippen molar-refractivity contribution in [3.05, 3.63) is 24.0 Å². The number of carbonyl (C=O) groups excluding carboxylic acids is 2. The molecule has 0 fully saturated rings. The Balaban J connectivity index is 2.63. The molecule has 3 amide bonds. The summed E-state index contributed by atoms with van der Waals surface area (Å²) < 4.78 is 37.9. The maximum atomic E-state index is 13.7. The number of sulfonamides is 1. The highest BCUT2D eigenvalue weighted by Gasteiger charge is 2.14. The summed E-state index contributed by atoms with van der Waals surface area (Å²) in [5.41, 5.74) is 0.214. The lowest BCUT2D eigenvalue weighted by atomic mass is 10.2. The first kappa shape index (κ1) is 19.8. The molecule has 0 aliphatic carbocycles. The van der Waals surface area contributed by atoms with E-state index in [9.17, 15) is 22.4 Å². The van der Waals surface area contributed by atoms with E-state index in [0.717, 1.165) is 10.4 Å². The Hall–Kier alpha value is -2.20. The second-order valence-electron chi connectivity index (χ2n) is 5.08. The largest absolute Gasteiger partial charge is 0.337 e. The minimum absolute atomic E-state index is 0.125. The van der Waals surface area contributed by atoms with Crippen molar-refractivity contribution < 1.29 is 22.4 Å². The van der Waals surface area contributed by atoms with Gasteiger partial charge in [0.1, 0.15) is 5.82 Å². The highest BCUT2D eigenvalue weighted by Crippen LogP contribution is 2.19. The van der Waals surface area contributed by atoms with Crippen LogP contribution in [0.3, 0.4) is 0 Å². The zero-order chi connectivity index (χ0) is 18.3. The quantitative estimate of drug-likeness (QED) is 0.679. The average molecular weight is 360 g/mol. The zero-order valence-electron chi connectivity index (χ0n) is 13.7. The first-order valence-corrected chi connectivity index (χ1v) is 8.81. The molecule has 1 rings (SSSR count). The van der Waals surface area contributed by atoms with Crippen LogP contribution in [0, 0.1) is 5.82 Å². The second kappa shape index (κ2) is 8.60. The van der Waals surface area contributed by atoms with E-state index < -0.39 is 21.9 Å². The number of hydrogen-bond donors (Lipinski definition) is 3. The van der Waals surface area contributed by atoms with Crippen molar-refractivity contribution in [1.82, 2.24) is 9.62 Å². The van der Waals surface area contributed by atoms with Crippen LogP contribution in [0.25, 0.3) is 0 Å². The Kier molecular flexibility index (Phi) is 7.11. The van der Waals surface area contributed by atoms with Crippen molar-refractivity contribution in [1.29, 1.82) is 0 Å². The summed E-state index contributed by atoms with van der Waals surface area (Å²) in [5.74, 6) is -1.20. The van der Waals surface area contributed by atoms with Gasteiger partial charge in [-0.1, -0.05) is 6.92 Å². The monoisotopic (exact) mass is 360 g/mol. The molecule has 0 atom stereocenters. The first-order valence-electron chi connectivity index (χ1n) is 7.20. The van der Waals surface area contributed by atoms with Gasteiger partial charge >= 0.3 is 6.03 Å². The molecule has 0 aliphatic heterocycles. The van der Waals surface area contributed by atoms with Crippen LogP contribution in [0.4, 0.5) is 20.6 Å². The molecule has 0 radical (unpaired) electrons. The molecular weight excluding hydrogens is 339 g/mol. The summed E-state index contributed by atoms with van der Waals surface area (Å²) in [4.78, 5) is 23.0. The van der Waals surface area contributed by atoms with Gasteiger partial charge in [0.05, 0.1) is 11.4 Å². The van der Waals surface area contributed by atoms with Crippen LogP contribution in [-0.4, -0.2) is 51.1 Å². The van der Waals surface area contributed by atoms with E-state index in [1.165, 1.54) is 26.2 Å². The number of benzene rings is 1. The zero-order valence-corrected chi connectivity index (χ0v) is 14.5. The minimum Gasteiger partial charge on any atom is -0.337 e. The maximum absolute atomic E-state index is 13.7. The molecule has 0 spiro atoms. The van der Waals surface area contributed by atoms with Gasteiger partial charge in [-0.15, -0.1) is 0 Å². The van der Waals surface area contributed by atoms with Gasteiger partial charge in [-0.3, -0.25) is 4.79 Å². The molecule has 1 aromatic carbocycles. The first-order chi connectivity index (χ1) is 11.2. The van der Waals surface area contributed by atoms with Crippen LogP contribution in [0.15, 0.2) is 18.2 Å². The summed E-state index contributed by atoms with van der Waals surface area (Å²) in [6, 6.07) is 3.01. The van der Waals surface area contributed by atoms with E-state index in [-0.39, 0.29) is 30.3 Å². The molecule has 0 bridgehead atoms. The average Bonchev–Trinajstić information content (AvgIpc) is 2.50. The molecule has 10 heteroatoms. The number of amides is 3. The number of urea groups is 1. The van der Waals surface area contributed by atoms with Gasteiger partial charge < -0.3 is 16.0 Å². The van der Waals surface area contributed by atoms with Crippen molar-refractivity contribution in [2.24, 2.45) is 0 Å². The van der Waals surface area contributed by atoms with Gasteiger partial charge in [-0.25, -0.2) is 21.9 Å². The normalized spacial score (nSPS) is 11.2. The molecule has 8 nitrogen and oxygen atoms in total. The number of hydrogen-bond acceptors (Lipinski definition) is 4. The van der Waals surface area contributed by atoms with E-state index in [4.69, 9.17) is 0 Å². The van der Waals surface area contributed by atoms with Crippen molar-refractivity contribution >= 4 is 33.3 Å². The second-order valence-corrected chi connectivity index (χ2v) is 7.38. The number of rotatable bonds is 7. The van der Waals surface area contributed by atoms with Gasteiger partial charge in [-0.05, 0) is 18.2 Å². The Morgan fingerprint density at radius 2 is 1.88 bits per heavy atom. The summed E-state index contributed by atoms with van der Waals surface area (Å²) >= 11 is 0. The molecular formula is C14H21FN4O4S. The van der Waals surface area contributed by atoms with Crippen LogP contribution in [0.2, 0.25) is 0 Å². The van der Waals surface area contributed by atoms with Gasteiger partial charge in [0, 0.05) is 32.7 Å². The SMILES string of the molecule is CCC(=O)Nc1ccc(F)c(NC(=O)NCCS(=O)(=O)N(C)C)c1. The number of nitrogens with zero attached hydrogens (tertiary/aromatic N) is 1. The van der Waals surface area contributed by atoms with Crippen LogP contribution in [0.5, 0.6) is 0 Å². The van der Waals surface area contributed by atoms with E-state index in [1.807, 2.05) is 0 Å². The Labute approximate surface area is 140 Å². The van der Waals surface area contributed by atoms with Crippen LogP contribution in [0.1, 0.15) is 13.3 Å². The highest BCUT2D eigenvalue weighted by atomic mass is 32.2. The molecule has 134 valence electrons. The standard InChI is InChI=1S/C14H21FN4O4S/c1-4-13(20)17-10-5-6-11(15)12(9-10)18-14(21)16-7-8-24(22,23)19(2)3/h5-6,9H,4,7-8H2,1-3H3,(H,17,20)(H2,16,18,21). The van der Waals surface area contributed by atoms with Crippen molar-refractivity contribution in [3.8, 4) is 0 Å². The number of nitrogens with one attached hydrogen (secondary N) is 3. The molecule has 0 unspecified atom stereocenters. The van der Waals surface area contributed by atoms with Gasteiger partial charge in [0.2, 0.25) is 15.9 Å². The van der Waals surface area contributed by atoms with E-state index in [2.05, 4.69) is 16.0 Å². The van der Waals surface area contributed by atoms with E-state index in [0.29, 0.717) is 5.69 Å². The summed E-state index contributed by atoms with van der Waals surface area (Å²) in [6.07, 6.45) is 0.265. The fourth-order valence-electron chi connectivity index (χ4n) is 1.59. The number of anilines is 2. The summed E-state index contributed by atoms with van der Waals surface area (Å²) in [5, 5.41) is 7.15. The lowest BCUT2D eigenvalue weighted by Crippen LogP contribution is -2.36. The maximum Gasteiger partial charge on any atom is 0.319 e. The fraction of sp³-hybridized carbons (Fsp3) is 0.429. The highest BCUT2D eigenvalue weighted by molar-refractivity contribution is 7.89. The van der Waals surface area contributed by atoms with Crippen LogP contribution >= 0.6 is 0 Å². The predicted molar refractivity (Wildman–Crippen MR) is 89.8 cm³/mol. The van der Waals surface area contributed by atoms with Crippen molar-refractivity contribution in [3.63, 3.8) is 0 Å². The smallest absolute Gasteiger partial charge is 0.319 e. The lowest BCUT2D eigenvalue weighted by molar-refractivity contribution is -0.115. The predicted octanol–water partition coefficient (Wildman–Crippen LogP) is 1.19. The molecule has 0 aromatic heterocycles. The Morgan fingerprint density at radius 1 is 1.21 bits per heavy atom. The fourth-order valence-corrected chi connectivity index (χ4v) is 2.32. The van der Waals surface area contributed by atoms with Crippen molar-refractivity contribution in [2.45, 2.75) is 13.3 Å². The molecule has 24 heavy (non-hydrogen) atoms. The molecule has 1 aromatic rings. The Morgan fingerprint density at radius 3 is 2.46 bits per heavy atom. The molecule has 0 saturated heterocycles. The molecule has 0 saturated carbocycles. The third-order valence-electron chi connectivity index (χ3n) is 3.02. The number of halogens is 1. The molecule has 0 heterocycles. The van der Waals surface area contributed by atoms with Crippen LogP contribution in [-0.2, 0) is 14.8 Å². The third kappa shape index (κ3) is 6.13. The van der Waals surface area contributed by atoms with Gasteiger partial charge in [-0.2, -0.15) is 0 Å². The van der Waals surface area contributed by atoms with E-state index >= 15 is 0 Å². The van der Waals surface area contributed by atoms with Crippen LogP contribution < -0.4 is 16.0 Å². The molecule has 3 N–H and O–H groups in total. The Bertz CT molecular complexity index is 707. The summed E-state index contributed by atoms with van der Waals surface area (Å²) in [7, 11) is -0.649. The van der Waals surface area contributed by atoms with Crippen molar-refractivity contribution in [2.75, 3.05) is 37.0 Å².